The van der Waals surface area contributed by atoms with E-state index in [1.165, 1.54) is 0 Å². The molecule has 0 spiro atoms. The molecule has 1 aromatic heterocycles. The van der Waals surface area contributed by atoms with E-state index in [0.717, 1.165) is 49.0 Å². The molecule has 29 heavy (non-hydrogen) atoms. The van der Waals surface area contributed by atoms with Gasteiger partial charge in [0.15, 0.2) is 0 Å². The Balaban J connectivity index is 1.27. The third kappa shape index (κ3) is 4.99. The van der Waals surface area contributed by atoms with E-state index in [2.05, 4.69) is 25.8 Å². The number of nitrogens with zero attached hydrogens (tertiary/aromatic N) is 3. The lowest BCUT2D eigenvalue weighted by atomic mass is 10.00. The Morgan fingerprint density at radius 1 is 0.897 bits per heavy atom. The summed E-state index contributed by atoms with van der Waals surface area (Å²) < 4.78 is 34.3. The average molecular weight is 480 g/mol. The Bertz CT molecular complexity index is 893. The molecule has 6 nitrogen and oxygen atoms in total. The number of benzene rings is 1. The van der Waals surface area contributed by atoms with Crippen LogP contribution in [0.25, 0.3) is 0 Å². The summed E-state index contributed by atoms with van der Waals surface area (Å²) in [5, 5.41) is 0. The van der Waals surface area contributed by atoms with Gasteiger partial charge in [-0.3, -0.25) is 4.98 Å². The first kappa shape index (κ1) is 20.8. The molecule has 0 atom stereocenters. The number of piperidine rings is 2. The summed E-state index contributed by atoms with van der Waals surface area (Å²) in [5.41, 5.74) is 0. The summed E-state index contributed by atoms with van der Waals surface area (Å²) in [5.74, 6) is 0.880. The van der Waals surface area contributed by atoms with Crippen LogP contribution in [-0.2, 0) is 10.0 Å². The topological polar surface area (TPSA) is 62.7 Å². The van der Waals surface area contributed by atoms with Gasteiger partial charge in [-0.1, -0.05) is 15.9 Å². The Morgan fingerprint density at radius 3 is 2.14 bits per heavy atom. The zero-order valence-electron chi connectivity index (χ0n) is 16.3. The first-order chi connectivity index (χ1) is 14.0. The number of rotatable bonds is 5. The molecule has 8 heteroatoms. The van der Waals surface area contributed by atoms with Gasteiger partial charge < -0.3 is 9.64 Å². The van der Waals surface area contributed by atoms with Gasteiger partial charge in [-0.05, 0) is 62.1 Å². The van der Waals surface area contributed by atoms with E-state index in [9.17, 15) is 8.42 Å². The number of ether oxygens (including phenoxy) is 1. The zero-order chi connectivity index (χ0) is 20.3. The Kier molecular flexibility index (Phi) is 6.53. The van der Waals surface area contributed by atoms with Crippen LogP contribution in [0.3, 0.4) is 0 Å². The van der Waals surface area contributed by atoms with E-state index in [0.29, 0.717) is 24.0 Å². The molecule has 2 fully saturated rings. The second kappa shape index (κ2) is 9.12. The molecule has 0 N–H and O–H groups in total. The maximum Gasteiger partial charge on any atom is 0.243 e. The Hall–Kier alpha value is -1.48. The molecule has 2 aliphatic rings. The van der Waals surface area contributed by atoms with Gasteiger partial charge in [-0.25, -0.2) is 8.42 Å². The lowest BCUT2D eigenvalue weighted by Gasteiger charge is -2.41. The molecular weight excluding hydrogens is 454 g/mol. The lowest BCUT2D eigenvalue weighted by Crippen LogP contribution is -2.50. The second-order valence-corrected chi connectivity index (χ2v) is 10.5. The van der Waals surface area contributed by atoms with Crippen molar-refractivity contribution in [1.82, 2.24) is 14.2 Å². The molecule has 0 amide bonds. The van der Waals surface area contributed by atoms with Crippen molar-refractivity contribution in [3.8, 4) is 5.75 Å². The molecule has 0 radical (unpaired) electrons. The van der Waals surface area contributed by atoms with Crippen molar-refractivity contribution in [3.63, 3.8) is 0 Å². The van der Waals surface area contributed by atoms with Crippen molar-refractivity contribution >= 4 is 26.0 Å². The number of likely N-dealkylation sites (tertiary alicyclic amines) is 1. The highest BCUT2D eigenvalue weighted by atomic mass is 79.9. The van der Waals surface area contributed by atoms with Crippen LogP contribution in [-0.4, -0.2) is 60.9 Å². The van der Waals surface area contributed by atoms with Gasteiger partial charge >= 0.3 is 0 Å². The molecule has 156 valence electrons. The number of pyridine rings is 1. The minimum Gasteiger partial charge on any atom is -0.490 e. The van der Waals surface area contributed by atoms with E-state index >= 15 is 0 Å². The molecule has 2 aliphatic heterocycles. The van der Waals surface area contributed by atoms with Crippen LogP contribution in [0.4, 0.5) is 0 Å². The molecule has 3 heterocycles. The summed E-state index contributed by atoms with van der Waals surface area (Å²) in [7, 11) is -3.41. The monoisotopic (exact) mass is 479 g/mol. The van der Waals surface area contributed by atoms with Gasteiger partial charge in [0.2, 0.25) is 10.0 Å². The summed E-state index contributed by atoms with van der Waals surface area (Å²) >= 11 is 3.36. The normalized spacial score (nSPS) is 20.6. The van der Waals surface area contributed by atoms with Crippen LogP contribution in [0.2, 0.25) is 0 Å². The van der Waals surface area contributed by atoms with E-state index < -0.39 is 10.0 Å². The van der Waals surface area contributed by atoms with Crippen LogP contribution in [0.1, 0.15) is 25.7 Å². The van der Waals surface area contributed by atoms with Gasteiger partial charge in [0.1, 0.15) is 11.9 Å². The summed E-state index contributed by atoms with van der Waals surface area (Å²) in [6, 6.07) is 11.1. The number of sulfonamides is 1. The van der Waals surface area contributed by atoms with Gasteiger partial charge in [0.05, 0.1) is 4.90 Å². The van der Waals surface area contributed by atoms with Gasteiger partial charge in [0, 0.05) is 49.1 Å². The van der Waals surface area contributed by atoms with Crippen LogP contribution in [0.5, 0.6) is 5.75 Å². The SMILES string of the molecule is O=S(=O)(c1ccc(Br)cc1)N1CCC(N2CCC(Oc3ccncc3)CC2)CC1. The molecule has 4 rings (SSSR count). The van der Waals surface area contributed by atoms with E-state index in [-0.39, 0.29) is 6.10 Å². The Morgan fingerprint density at radius 2 is 1.52 bits per heavy atom. The van der Waals surface area contributed by atoms with E-state index in [1.54, 1.807) is 41.0 Å². The summed E-state index contributed by atoms with van der Waals surface area (Å²) in [6.07, 6.45) is 7.50. The number of hydrogen-bond donors (Lipinski definition) is 0. The van der Waals surface area contributed by atoms with Crippen molar-refractivity contribution < 1.29 is 13.2 Å². The van der Waals surface area contributed by atoms with Gasteiger partial charge in [-0.15, -0.1) is 0 Å². The molecule has 0 saturated carbocycles. The highest BCUT2D eigenvalue weighted by molar-refractivity contribution is 9.10. The van der Waals surface area contributed by atoms with Crippen molar-refractivity contribution in [2.45, 2.75) is 42.7 Å². The van der Waals surface area contributed by atoms with Crippen LogP contribution < -0.4 is 4.74 Å². The molecule has 2 aromatic rings. The second-order valence-electron chi connectivity index (χ2n) is 7.63. The standard InChI is InChI=1S/C21H26BrN3O3S/c22-17-1-3-21(4-2-17)29(26,27)25-15-7-18(8-16-25)24-13-9-20(10-14-24)28-19-5-11-23-12-6-19/h1-6,11-12,18,20H,7-10,13-16H2. The third-order valence-corrected chi connectivity index (χ3v) is 8.26. The first-order valence-corrected chi connectivity index (χ1v) is 12.3. The molecule has 0 aliphatic carbocycles. The Labute approximate surface area is 181 Å². The van der Waals surface area contributed by atoms with Gasteiger partial charge in [-0.2, -0.15) is 4.31 Å². The van der Waals surface area contributed by atoms with Crippen LogP contribution in [0, 0.1) is 0 Å². The first-order valence-electron chi connectivity index (χ1n) is 10.1. The summed E-state index contributed by atoms with van der Waals surface area (Å²) in [6.45, 7) is 3.16. The maximum atomic E-state index is 12.9. The maximum absolute atomic E-state index is 12.9. The quantitative estimate of drug-likeness (QED) is 0.655. The largest absolute Gasteiger partial charge is 0.490 e. The fourth-order valence-electron chi connectivity index (χ4n) is 4.17. The minimum atomic E-state index is -3.41. The lowest BCUT2D eigenvalue weighted by molar-refractivity contribution is 0.0585. The van der Waals surface area contributed by atoms with Crippen molar-refractivity contribution in [2.75, 3.05) is 26.2 Å². The minimum absolute atomic E-state index is 0.242. The number of halogens is 1. The fourth-order valence-corrected chi connectivity index (χ4v) is 5.91. The highest BCUT2D eigenvalue weighted by Gasteiger charge is 2.33. The number of hydrogen-bond acceptors (Lipinski definition) is 5. The highest BCUT2D eigenvalue weighted by Crippen LogP contribution is 2.27. The van der Waals surface area contributed by atoms with Gasteiger partial charge in [0.25, 0.3) is 0 Å². The zero-order valence-corrected chi connectivity index (χ0v) is 18.7. The predicted octanol–water partition coefficient (Wildman–Crippen LogP) is 3.54. The van der Waals surface area contributed by atoms with Crippen molar-refractivity contribution in [3.05, 3.63) is 53.3 Å². The van der Waals surface area contributed by atoms with Crippen LogP contribution >= 0.6 is 15.9 Å². The van der Waals surface area contributed by atoms with Crippen molar-refractivity contribution in [2.24, 2.45) is 0 Å². The molecule has 0 bridgehead atoms. The van der Waals surface area contributed by atoms with E-state index in [4.69, 9.17) is 4.74 Å². The molecule has 0 unspecified atom stereocenters. The summed E-state index contributed by atoms with van der Waals surface area (Å²) in [4.78, 5) is 6.90. The molecule has 2 saturated heterocycles. The smallest absolute Gasteiger partial charge is 0.243 e. The van der Waals surface area contributed by atoms with Crippen LogP contribution in [0.15, 0.2) is 58.2 Å². The number of aromatic nitrogens is 1. The average Bonchev–Trinajstić information content (AvgIpc) is 2.75. The predicted molar refractivity (Wildman–Crippen MR) is 115 cm³/mol. The van der Waals surface area contributed by atoms with E-state index in [1.807, 2.05) is 12.1 Å². The fraction of sp³-hybridized carbons (Fsp3) is 0.476. The molecule has 1 aromatic carbocycles. The molecular formula is C21H26BrN3O3S. The third-order valence-electron chi connectivity index (χ3n) is 5.82. The van der Waals surface area contributed by atoms with Crippen molar-refractivity contribution in [1.29, 1.82) is 0 Å².